The topological polar surface area (TPSA) is 70.8 Å². The van der Waals surface area contributed by atoms with Crippen LogP contribution in [0.15, 0.2) is 0 Å². The first-order valence-corrected chi connectivity index (χ1v) is 5.69. The predicted molar refractivity (Wildman–Crippen MR) is 59.8 cm³/mol. The van der Waals surface area contributed by atoms with E-state index in [0.29, 0.717) is 5.92 Å². The van der Waals surface area contributed by atoms with Crippen LogP contribution in [0, 0.1) is 5.92 Å². The molecular formula is C10H19N5. The number of H-pyrrole nitrogens is 1. The molecule has 0 saturated carbocycles. The Morgan fingerprint density at radius 3 is 2.73 bits per heavy atom. The summed E-state index contributed by atoms with van der Waals surface area (Å²) in [6.07, 6.45) is 3.23. The molecule has 0 radical (unpaired) electrons. The number of nitrogens with two attached hydrogens (primary N) is 1. The zero-order chi connectivity index (χ0) is 10.7. The number of aryl methyl sites for hydroxylation is 1. The second-order valence-corrected chi connectivity index (χ2v) is 4.10. The van der Waals surface area contributed by atoms with Crippen molar-refractivity contribution >= 4 is 5.95 Å². The van der Waals surface area contributed by atoms with Gasteiger partial charge in [-0.3, -0.25) is 5.10 Å². The Morgan fingerprint density at radius 2 is 2.20 bits per heavy atom. The van der Waals surface area contributed by atoms with Crippen LogP contribution < -0.4 is 10.6 Å². The number of hydrogen-bond donors (Lipinski definition) is 2. The maximum atomic E-state index is 5.66. The van der Waals surface area contributed by atoms with Crippen LogP contribution in [0.2, 0.25) is 0 Å². The minimum atomic E-state index is 0.686. The van der Waals surface area contributed by atoms with Gasteiger partial charge in [-0.15, -0.1) is 5.10 Å². The van der Waals surface area contributed by atoms with E-state index in [1.54, 1.807) is 0 Å². The van der Waals surface area contributed by atoms with Gasteiger partial charge in [-0.25, -0.2) is 0 Å². The zero-order valence-corrected chi connectivity index (χ0v) is 9.24. The van der Waals surface area contributed by atoms with Crippen LogP contribution in [0.5, 0.6) is 0 Å². The minimum Gasteiger partial charge on any atom is -0.340 e. The fourth-order valence-corrected chi connectivity index (χ4v) is 1.95. The van der Waals surface area contributed by atoms with Gasteiger partial charge in [-0.1, -0.05) is 6.92 Å². The van der Waals surface area contributed by atoms with Crippen molar-refractivity contribution in [3.63, 3.8) is 0 Å². The Morgan fingerprint density at radius 1 is 1.47 bits per heavy atom. The van der Waals surface area contributed by atoms with E-state index in [1.165, 1.54) is 0 Å². The van der Waals surface area contributed by atoms with E-state index in [1.807, 2.05) is 0 Å². The summed E-state index contributed by atoms with van der Waals surface area (Å²) in [4.78, 5) is 6.67. The van der Waals surface area contributed by atoms with E-state index >= 15 is 0 Å². The maximum Gasteiger partial charge on any atom is 0.244 e. The lowest BCUT2D eigenvalue weighted by molar-refractivity contribution is 0.411. The average Bonchev–Trinajstić information content (AvgIpc) is 2.78. The highest BCUT2D eigenvalue weighted by Crippen LogP contribution is 2.19. The lowest BCUT2D eigenvalue weighted by atomic mass is 9.97. The third-order valence-corrected chi connectivity index (χ3v) is 3.09. The fourth-order valence-electron chi connectivity index (χ4n) is 1.95. The van der Waals surface area contributed by atoms with E-state index in [0.717, 1.165) is 50.7 Å². The molecule has 0 aromatic carbocycles. The summed E-state index contributed by atoms with van der Waals surface area (Å²) in [5.74, 6) is 2.50. The normalized spacial score (nSPS) is 18.4. The fraction of sp³-hybridized carbons (Fsp3) is 0.800. The largest absolute Gasteiger partial charge is 0.340 e. The number of rotatable bonds is 3. The molecule has 0 unspecified atom stereocenters. The van der Waals surface area contributed by atoms with Gasteiger partial charge < -0.3 is 10.6 Å². The first-order chi connectivity index (χ1) is 7.33. The maximum absolute atomic E-state index is 5.66. The molecule has 1 aliphatic rings. The van der Waals surface area contributed by atoms with Gasteiger partial charge in [-0.2, -0.15) is 4.98 Å². The van der Waals surface area contributed by atoms with Gasteiger partial charge in [0.15, 0.2) is 0 Å². The Balaban J connectivity index is 1.95. The summed E-state index contributed by atoms with van der Waals surface area (Å²) in [5.41, 5.74) is 5.66. The van der Waals surface area contributed by atoms with Crippen LogP contribution in [0.1, 0.15) is 25.6 Å². The highest BCUT2D eigenvalue weighted by Gasteiger charge is 2.20. The second-order valence-electron chi connectivity index (χ2n) is 4.10. The van der Waals surface area contributed by atoms with Crippen LogP contribution in [0.25, 0.3) is 0 Å². The molecule has 2 heterocycles. The van der Waals surface area contributed by atoms with Gasteiger partial charge in [0.05, 0.1) is 0 Å². The van der Waals surface area contributed by atoms with Crippen molar-refractivity contribution in [2.45, 2.75) is 26.2 Å². The number of aromatic amines is 1. The van der Waals surface area contributed by atoms with Crippen LogP contribution in [-0.4, -0.2) is 34.8 Å². The van der Waals surface area contributed by atoms with Crippen LogP contribution in [-0.2, 0) is 6.42 Å². The summed E-state index contributed by atoms with van der Waals surface area (Å²) >= 11 is 0. The molecule has 0 bridgehead atoms. The molecule has 84 valence electrons. The smallest absolute Gasteiger partial charge is 0.244 e. The summed E-state index contributed by atoms with van der Waals surface area (Å²) in [5, 5.41) is 7.17. The molecule has 1 fully saturated rings. The minimum absolute atomic E-state index is 0.686. The Hall–Kier alpha value is -1.10. The SMILES string of the molecule is CCc1nc(N2CCC(CN)CC2)n[nH]1. The number of anilines is 1. The van der Waals surface area contributed by atoms with Crippen LogP contribution >= 0.6 is 0 Å². The summed E-state index contributed by atoms with van der Waals surface area (Å²) in [6, 6.07) is 0. The lowest BCUT2D eigenvalue weighted by Crippen LogP contribution is -2.36. The van der Waals surface area contributed by atoms with Crippen molar-refractivity contribution in [3.05, 3.63) is 5.82 Å². The monoisotopic (exact) mass is 209 g/mol. The van der Waals surface area contributed by atoms with E-state index < -0.39 is 0 Å². The Bertz CT molecular complexity index is 301. The van der Waals surface area contributed by atoms with Gasteiger partial charge >= 0.3 is 0 Å². The molecule has 5 heteroatoms. The van der Waals surface area contributed by atoms with Gasteiger partial charge in [0, 0.05) is 19.5 Å². The van der Waals surface area contributed by atoms with Crippen molar-refractivity contribution in [3.8, 4) is 0 Å². The first kappa shape index (κ1) is 10.4. The summed E-state index contributed by atoms with van der Waals surface area (Å²) in [6.45, 7) is 4.94. The van der Waals surface area contributed by atoms with E-state index in [-0.39, 0.29) is 0 Å². The Labute approximate surface area is 90.1 Å². The summed E-state index contributed by atoms with van der Waals surface area (Å²) < 4.78 is 0. The van der Waals surface area contributed by atoms with Crippen molar-refractivity contribution in [1.29, 1.82) is 0 Å². The zero-order valence-electron chi connectivity index (χ0n) is 9.24. The first-order valence-electron chi connectivity index (χ1n) is 5.69. The Kier molecular flexibility index (Phi) is 3.20. The van der Waals surface area contributed by atoms with Crippen molar-refractivity contribution < 1.29 is 0 Å². The van der Waals surface area contributed by atoms with Crippen molar-refractivity contribution in [2.75, 3.05) is 24.5 Å². The van der Waals surface area contributed by atoms with Crippen LogP contribution in [0.4, 0.5) is 5.95 Å². The average molecular weight is 209 g/mol. The molecule has 1 aliphatic heterocycles. The van der Waals surface area contributed by atoms with Gasteiger partial charge in [0.1, 0.15) is 5.82 Å². The number of nitrogens with one attached hydrogen (secondary N) is 1. The molecule has 1 aromatic heterocycles. The molecule has 5 nitrogen and oxygen atoms in total. The highest BCUT2D eigenvalue weighted by atomic mass is 15.4. The predicted octanol–water partition coefficient (Wildman–Crippen LogP) is 0.542. The van der Waals surface area contributed by atoms with Gasteiger partial charge in [0.2, 0.25) is 5.95 Å². The lowest BCUT2D eigenvalue weighted by Gasteiger charge is -2.30. The van der Waals surface area contributed by atoms with E-state index in [4.69, 9.17) is 5.73 Å². The number of hydrogen-bond acceptors (Lipinski definition) is 4. The molecule has 0 spiro atoms. The molecule has 1 aromatic rings. The second kappa shape index (κ2) is 4.61. The molecular weight excluding hydrogens is 190 g/mol. The molecule has 1 saturated heterocycles. The third-order valence-electron chi connectivity index (χ3n) is 3.09. The molecule has 2 rings (SSSR count). The van der Waals surface area contributed by atoms with Crippen LogP contribution in [0.3, 0.4) is 0 Å². The molecule has 15 heavy (non-hydrogen) atoms. The highest BCUT2D eigenvalue weighted by molar-refractivity contribution is 5.29. The number of piperidine rings is 1. The van der Waals surface area contributed by atoms with Gasteiger partial charge in [0.25, 0.3) is 0 Å². The van der Waals surface area contributed by atoms with Crippen molar-refractivity contribution in [2.24, 2.45) is 11.7 Å². The molecule has 3 N–H and O–H groups in total. The standard InChI is InChI=1S/C10H19N5/c1-2-9-12-10(14-13-9)15-5-3-8(7-11)4-6-15/h8H,2-7,11H2,1H3,(H,12,13,14). The summed E-state index contributed by atoms with van der Waals surface area (Å²) in [7, 11) is 0. The molecule has 0 aliphatic carbocycles. The van der Waals surface area contributed by atoms with E-state index in [2.05, 4.69) is 27.0 Å². The third kappa shape index (κ3) is 2.28. The van der Waals surface area contributed by atoms with Crippen molar-refractivity contribution in [1.82, 2.24) is 15.2 Å². The number of aromatic nitrogens is 3. The molecule has 0 atom stereocenters. The number of nitrogens with zero attached hydrogens (tertiary/aromatic N) is 3. The van der Waals surface area contributed by atoms with E-state index in [9.17, 15) is 0 Å². The quantitative estimate of drug-likeness (QED) is 0.762. The molecule has 0 amide bonds. The van der Waals surface area contributed by atoms with Gasteiger partial charge in [-0.05, 0) is 25.3 Å².